The lowest BCUT2D eigenvalue weighted by Crippen LogP contribution is -2.22. The molecule has 20 heavy (non-hydrogen) atoms. The molecule has 0 aliphatic rings. The normalized spacial score (nSPS) is 12.8. The van der Waals surface area contributed by atoms with Gasteiger partial charge in [0, 0.05) is 33.1 Å². The molecule has 1 aromatic heterocycles. The van der Waals surface area contributed by atoms with Crippen LogP contribution < -0.4 is 5.32 Å². The summed E-state index contributed by atoms with van der Waals surface area (Å²) in [6, 6.07) is 0.379. The first-order valence-corrected chi connectivity index (χ1v) is 7.35. The van der Waals surface area contributed by atoms with Crippen LogP contribution in [-0.4, -0.2) is 50.3 Å². The van der Waals surface area contributed by atoms with E-state index >= 15 is 0 Å². The van der Waals surface area contributed by atoms with Crippen molar-refractivity contribution in [2.24, 2.45) is 0 Å². The molecule has 0 amide bonds. The van der Waals surface area contributed by atoms with Crippen molar-refractivity contribution in [1.29, 1.82) is 0 Å². The van der Waals surface area contributed by atoms with E-state index in [-0.39, 0.29) is 0 Å². The number of nitrogens with one attached hydrogen (secondary N) is 1. The van der Waals surface area contributed by atoms with Crippen molar-refractivity contribution < 1.29 is 9.47 Å². The second-order valence-electron chi connectivity index (χ2n) is 5.22. The van der Waals surface area contributed by atoms with Crippen molar-refractivity contribution in [2.75, 3.05) is 40.5 Å². The highest BCUT2D eigenvalue weighted by atomic mass is 16.5. The van der Waals surface area contributed by atoms with E-state index in [9.17, 15) is 0 Å². The molecule has 0 aliphatic heterocycles. The third kappa shape index (κ3) is 4.89. The number of hydrogen-bond donors (Lipinski definition) is 1. The lowest BCUT2D eigenvalue weighted by Gasteiger charge is -2.14. The van der Waals surface area contributed by atoms with Crippen LogP contribution in [0.4, 0.5) is 0 Å². The van der Waals surface area contributed by atoms with E-state index in [1.807, 2.05) is 0 Å². The number of ether oxygens (including phenoxy) is 2. The third-order valence-electron chi connectivity index (χ3n) is 3.67. The summed E-state index contributed by atoms with van der Waals surface area (Å²) in [7, 11) is 3.46. The van der Waals surface area contributed by atoms with Crippen LogP contribution in [-0.2, 0) is 15.9 Å². The van der Waals surface area contributed by atoms with E-state index in [1.54, 1.807) is 14.2 Å². The van der Waals surface area contributed by atoms with Crippen molar-refractivity contribution in [3.05, 3.63) is 17.0 Å². The summed E-state index contributed by atoms with van der Waals surface area (Å²) < 4.78 is 12.3. The standard InChI is InChI=1S/C15H29N3O2/c1-12(7-10-19-4)18-14(3)15(13(2)17-18)6-8-16-9-11-20-5/h12,16H,6-11H2,1-5H3. The van der Waals surface area contributed by atoms with E-state index in [0.29, 0.717) is 6.04 Å². The minimum Gasteiger partial charge on any atom is -0.385 e. The Morgan fingerprint density at radius 1 is 1.15 bits per heavy atom. The van der Waals surface area contributed by atoms with Gasteiger partial charge in [-0.3, -0.25) is 4.68 Å². The fourth-order valence-corrected chi connectivity index (χ4v) is 2.41. The maximum atomic E-state index is 5.15. The Hall–Kier alpha value is -0.910. The molecule has 0 radical (unpaired) electrons. The van der Waals surface area contributed by atoms with E-state index in [4.69, 9.17) is 9.47 Å². The molecule has 0 aromatic carbocycles. The SMILES string of the molecule is COCCNCCc1c(C)nn(C(C)CCOC)c1C. The highest BCUT2D eigenvalue weighted by Gasteiger charge is 2.15. The van der Waals surface area contributed by atoms with Gasteiger partial charge in [-0.05, 0) is 45.7 Å². The van der Waals surface area contributed by atoms with Gasteiger partial charge in [0.25, 0.3) is 0 Å². The highest BCUT2D eigenvalue weighted by molar-refractivity contribution is 5.25. The van der Waals surface area contributed by atoms with Crippen LogP contribution in [0, 0.1) is 13.8 Å². The molecular weight excluding hydrogens is 254 g/mol. The van der Waals surface area contributed by atoms with E-state index < -0.39 is 0 Å². The lowest BCUT2D eigenvalue weighted by atomic mass is 10.1. The molecule has 116 valence electrons. The zero-order valence-electron chi connectivity index (χ0n) is 13.5. The molecule has 0 saturated carbocycles. The molecule has 0 spiro atoms. The van der Waals surface area contributed by atoms with Crippen LogP contribution in [0.5, 0.6) is 0 Å². The zero-order chi connectivity index (χ0) is 15.0. The van der Waals surface area contributed by atoms with Crippen molar-refractivity contribution >= 4 is 0 Å². The van der Waals surface area contributed by atoms with Crippen LogP contribution in [0.3, 0.4) is 0 Å². The maximum absolute atomic E-state index is 5.15. The van der Waals surface area contributed by atoms with Gasteiger partial charge < -0.3 is 14.8 Å². The number of aryl methyl sites for hydroxylation is 1. The van der Waals surface area contributed by atoms with E-state index in [1.165, 1.54) is 11.3 Å². The van der Waals surface area contributed by atoms with Gasteiger partial charge in [0.15, 0.2) is 0 Å². The molecule has 0 aliphatic carbocycles. The first-order chi connectivity index (χ1) is 9.61. The van der Waals surface area contributed by atoms with Gasteiger partial charge in [-0.2, -0.15) is 5.10 Å². The Labute approximate surface area is 122 Å². The van der Waals surface area contributed by atoms with Crippen LogP contribution in [0.15, 0.2) is 0 Å². The topological polar surface area (TPSA) is 48.3 Å². The van der Waals surface area contributed by atoms with Gasteiger partial charge in [0.05, 0.1) is 18.3 Å². The molecule has 0 bridgehead atoms. The largest absolute Gasteiger partial charge is 0.385 e. The van der Waals surface area contributed by atoms with E-state index in [0.717, 1.165) is 44.8 Å². The third-order valence-corrected chi connectivity index (χ3v) is 3.67. The van der Waals surface area contributed by atoms with Crippen molar-refractivity contribution in [3.63, 3.8) is 0 Å². The Kier molecular flexibility index (Phi) is 7.80. The Morgan fingerprint density at radius 3 is 2.50 bits per heavy atom. The van der Waals surface area contributed by atoms with Crippen LogP contribution in [0.2, 0.25) is 0 Å². The summed E-state index contributed by atoms with van der Waals surface area (Å²) in [5.41, 5.74) is 3.78. The van der Waals surface area contributed by atoms with Crippen LogP contribution in [0.25, 0.3) is 0 Å². The fourth-order valence-electron chi connectivity index (χ4n) is 2.41. The molecule has 0 fully saturated rings. The molecule has 1 N–H and O–H groups in total. The van der Waals surface area contributed by atoms with E-state index in [2.05, 4.69) is 35.9 Å². The maximum Gasteiger partial charge on any atom is 0.0629 e. The molecule has 1 heterocycles. The summed E-state index contributed by atoms with van der Waals surface area (Å²) in [5.74, 6) is 0. The van der Waals surface area contributed by atoms with Crippen LogP contribution in [0.1, 0.15) is 36.3 Å². The molecule has 5 nitrogen and oxygen atoms in total. The number of methoxy groups -OCH3 is 2. The molecule has 0 saturated heterocycles. The Bertz CT molecular complexity index is 391. The van der Waals surface area contributed by atoms with Gasteiger partial charge in [0.2, 0.25) is 0 Å². The molecular formula is C15H29N3O2. The number of aromatic nitrogens is 2. The quantitative estimate of drug-likeness (QED) is 0.666. The molecule has 1 aromatic rings. The average molecular weight is 283 g/mol. The summed E-state index contributed by atoms with van der Waals surface area (Å²) in [6.45, 7) is 9.83. The average Bonchev–Trinajstić information content (AvgIpc) is 2.72. The monoisotopic (exact) mass is 283 g/mol. The van der Waals surface area contributed by atoms with Gasteiger partial charge in [-0.15, -0.1) is 0 Å². The second-order valence-corrected chi connectivity index (χ2v) is 5.22. The minimum absolute atomic E-state index is 0.379. The number of hydrogen-bond acceptors (Lipinski definition) is 4. The molecule has 1 unspecified atom stereocenters. The van der Waals surface area contributed by atoms with Crippen molar-refractivity contribution in [1.82, 2.24) is 15.1 Å². The van der Waals surface area contributed by atoms with Gasteiger partial charge >= 0.3 is 0 Å². The van der Waals surface area contributed by atoms with Gasteiger partial charge in [0.1, 0.15) is 0 Å². The first-order valence-electron chi connectivity index (χ1n) is 7.35. The van der Waals surface area contributed by atoms with Crippen molar-refractivity contribution in [3.8, 4) is 0 Å². The first kappa shape index (κ1) is 17.1. The molecule has 1 atom stereocenters. The summed E-state index contributed by atoms with van der Waals surface area (Å²) in [6.07, 6.45) is 2.00. The summed E-state index contributed by atoms with van der Waals surface area (Å²) >= 11 is 0. The summed E-state index contributed by atoms with van der Waals surface area (Å²) in [4.78, 5) is 0. The smallest absolute Gasteiger partial charge is 0.0629 e. The van der Waals surface area contributed by atoms with Crippen molar-refractivity contribution in [2.45, 2.75) is 39.7 Å². The van der Waals surface area contributed by atoms with Gasteiger partial charge in [-0.25, -0.2) is 0 Å². The predicted octanol–water partition coefficient (Wildman–Crippen LogP) is 1.88. The molecule has 5 heteroatoms. The minimum atomic E-state index is 0.379. The van der Waals surface area contributed by atoms with Gasteiger partial charge in [-0.1, -0.05) is 0 Å². The Morgan fingerprint density at radius 2 is 1.85 bits per heavy atom. The number of rotatable bonds is 10. The zero-order valence-corrected chi connectivity index (χ0v) is 13.5. The highest BCUT2D eigenvalue weighted by Crippen LogP contribution is 2.19. The molecule has 1 rings (SSSR count). The fraction of sp³-hybridized carbons (Fsp3) is 0.800. The second kappa shape index (κ2) is 9.10. The predicted molar refractivity (Wildman–Crippen MR) is 81.4 cm³/mol. The summed E-state index contributed by atoms with van der Waals surface area (Å²) in [5, 5.41) is 8.07. The number of nitrogens with zero attached hydrogens (tertiary/aromatic N) is 2. The Balaban J connectivity index is 2.57. The lowest BCUT2D eigenvalue weighted by molar-refractivity contribution is 0.178. The van der Waals surface area contributed by atoms with Crippen LogP contribution >= 0.6 is 0 Å².